The Labute approximate surface area is 108 Å². The molecule has 0 fully saturated rings. The maximum Gasteiger partial charge on any atom is 0.321 e. The summed E-state index contributed by atoms with van der Waals surface area (Å²) in [5.74, 6) is -1.67. The summed E-state index contributed by atoms with van der Waals surface area (Å²) in [4.78, 5) is 23.1. The average molecular weight is 275 g/mol. The summed E-state index contributed by atoms with van der Waals surface area (Å²) in [6, 6.07) is 3.40. The fraction of sp³-hybridized carbons (Fsp3) is 0.273. The number of aliphatic carboxylic acids is 1. The van der Waals surface area contributed by atoms with Crippen LogP contribution >= 0.6 is 11.6 Å². The van der Waals surface area contributed by atoms with E-state index in [2.05, 4.69) is 5.32 Å². The van der Waals surface area contributed by atoms with E-state index in [1.807, 2.05) is 0 Å². The van der Waals surface area contributed by atoms with Crippen molar-refractivity contribution in [3.63, 3.8) is 0 Å². The number of hydrogen-bond donors (Lipinski definition) is 2. The Morgan fingerprint density at radius 3 is 2.72 bits per heavy atom. The van der Waals surface area contributed by atoms with Gasteiger partial charge in [0.1, 0.15) is 5.82 Å². The average Bonchev–Trinajstić information content (AvgIpc) is 2.30. The first kappa shape index (κ1) is 14.2. The van der Waals surface area contributed by atoms with Crippen LogP contribution in [0.2, 0.25) is 5.02 Å². The van der Waals surface area contributed by atoms with Gasteiger partial charge in [-0.1, -0.05) is 17.7 Å². The van der Waals surface area contributed by atoms with Crippen LogP contribution in [0, 0.1) is 5.82 Å². The number of carboxylic acid groups (broad SMARTS) is 1. The molecule has 2 amide bonds. The normalized spacial score (nSPS) is 9.94. The highest BCUT2D eigenvalue weighted by Crippen LogP contribution is 2.24. The zero-order valence-corrected chi connectivity index (χ0v) is 10.4. The van der Waals surface area contributed by atoms with E-state index < -0.39 is 17.8 Å². The first-order valence-corrected chi connectivity index (χ1v) is 5.47. The topological polar surface area (TPSA) is 69.6 Å². The number of nitrogens with zero attached hydrogens (tertiary/aromatic N) is 1. The van der Waals surface area contributed by atoms with Crippen molar-refractivity contribution in [2.45, 2.75) is 6.42 Å². The molecular formula is C11H12ClFN2O3. The summed E-state index contributed by atoms with van der Waals surface area (Å²) in [5.41, 5.74) is -0.119. The molecule has 0 radical (unpaired) electrons. The van der Waals surface area contributed by atoms with Crippen molar-refractivity contribution in [2.24, 2.45) is 0 Å². The predicted octanol–water partition coefficient (Wildman–Crippen LogP) is 2.42. The summed E-state index contributed by atoms with van der Waals surface area (Å²) < 4.78 is 13.4. The van der Waals surface area contributed by atoms with Crippen LogP contribution in [0.25, 0.3) is 0 Å². The van der Waals surface area contributed by atoms with Gasteiger partial charge in [0.05, 0.1) is 17.1 Å². The van der Waals surface area contributed by atoms with E-state index >= 15 is 0 Å². The van der Waals surface area contributed by atoms with E-state index in [0.29, 0.717) is 0 Å². The lowest BCUT2D eigenvalue weighted by Crippen LogP contribution is -2.33. The second kappa shape index (κ2) is 6.20. The second-order valence-electron chi connectivity index (χ2n) is 3.59. The Morgan fingerprint density at radius 2 is 2.17 bits per heavy atom. The van der Waals surface area contributed by atoms with Gasteiger partial charge in [-0.15, -0.1) is 0 Å². The van der Waals surface area contributed by atoms with E-state index in [0.717, 1.165) is 4.90 Å². The molecule has 1 aromatic carbocycles. The number of carbonyl (C=O) groups is 2. The molecule has 1 aromatic rings. The number of para-hydroxylation sites is 1. The van der Waals surface area contributed by atoms with Gasteiger partial charge in [0.2, 0.25) is 0 Å². The fourth-order valence-electron chi connectivity index (χ4n) is 1.18. The smallest absolute Gasteiger partial charge is 0.321 e. The molecule has 0 saturated heterocycles. The van der Waals surface area contributed by atoms with Crippen LogP contribution in [0.4, 0.5) is 14.9 Å². The van der Waals surface area contributed by atoms with Crippen LogP contribution in [0.15, 0.2) is 18.2 Å². The van der Waals surface area contributed by atoms with Crippen LogP contribution in [0.3, 0.4) is 0 Å². The lowest BCUT2D eigenvalue weighted by Gasteiger charge is -2.17. The van der Waals surface area contributed by atoms with Gasteiger partial charge in [0.25, 0.3) is 0 Å². The van der Waals surface area contributed by atoms with Crippen LogP contribution in [-0.2, 0) is 4.79 Å². The molecule has 0 unspecified atom stereocenters. The molecular weight excluding hydrogens is 263 g/mol. The SMILES string of the molecule is CN(CCC(=O)O)C(=O)Nc1c(F)cccc1Cl. The Hall–Kier alpha value is -1.82. The summed E-state index contributed by atoms with van der Waals surface area (Å²) in [6.45, 7) is 0.0211. The van der Waals surface area contributed by atoms with Gasteiger partial charge in [-0.25, -0.2) is 9.18 Å². The molecule has 0 bridgehead atoms. The van der Waals surface area contributed by atoms with Gasteiger partial charge >= 0.3 is 12.0 Å². The number of rotatable bonds is 4. The van der Waals surface area contributed by atoms with Gasteiger partial charge in [-0.2, -0.15) is 0 Å². The number of benzene rings is 1. The zero-order valence-electron chi connectivity index (χ0n) is 9.61. The molecule has 0 heterocycles. The van der Waals surface area contributed by atoms with Crippen LogP contribution in [0.1, 0.15) is 6.42 Å². The minimum atomic E-state index is -1.02. The van der Waals surface area contributed by atoms with Crippen LogP contribution in [0.5, 0.6) is 0 Å². The maximum absolute atomic E-state index is 13.4. The molecule has 0 aromatic heterocycles. The largest absolute Gasteiger partial charge is 0.481 e. The van der Waals surface area contributed by atoms with Crippen molar-refractivity contribution in [3.8, 4) is 0 Å². The minimum absolute atomic E-state index is 0.0211. The van der Waals surface area contributed by atoms with E-state index in [9.17, 15) is 14.0 Å². The Kier molecular flexibility index (Phi) is 4.91. The lowest BCUT2D eigenvalue weighted by molar-refractivity contribution is -0.137. The molecule has 0 saturated carbocycles. The standard InChI is InChI=1S/C11H12ClFN2O3/c1-15(6-5-9(16)17)11(18)14-10-7(12)3-2-4-8(10)13/h2-4H,5-6H2,1H3,(H,14,18)(H,16,17). The van der Waals surface area contributed by atoms with Gasteiger partial charge in [0.15, 0.2) is 0 Å². The number of halogens is 2. The fourth-order valence-corrected chi connectivity index (χ4v) is 1.39. The number of carboxylic acids is 1. The molecule has 0 spiro atoms. The molecule has 98 valence electrons. The Bertz CT molecular complexity index is 447. The van der Waals surface area contributed by atoms with Crippen molar-refractivity contribution in [1.82, 2.24) is 4.90 Å². The first-order chi connectivity index (χ1) is 8.41. The zero-order chi connectivity index (χ0) is 13.7. The molecule has 5 nitrogen and oxygen atoms in total. The molecule has 0 aliphatic heterocycles. The molecule has 0 aliphatic carbocycles. The van der Waals surface area contributed by atoms with Gasteiger partial charge < -0.3 is 15.3 Å². The lowest BCUT2D eigenvalue weighted by atomic mass is 10.3. The highest BCUT2D eigenvalue weighted by Gasteiger charge is 2.14. The summed E-state index contributed by atoms with van der Waals surface area (Å²) >= 11 is 5.74. The second-order valence-corrected chi connectivity index (χ2v) is 4.00. The van der Waals surface area contributed by atoms with E-state index in [4.69, 9.17) is 16.7 Å². The molecule has 0 atom stereocenters. The van der Waals surface area contributed by atoms with Crippen molar-refractivity contribution < 1.29 is 19.1 Å². The third-order valence-electron chi connectivity index (χ3n) is 2.20. The van der Waals surface area contributed by atoms with Crippen molar-refractivity contribution >= 4 is 29.3 Å². The van der Waals surface area contributed by atoms with Crippen LogP contribution in [-0.4, -0.2) is 35.6 Å². The number of carbonyl (C=O) groups excluding carboxylic acids is 1. The Morgan fingerprint density at radius 1 is 1.50 bits per heavy atom. The summed E-state index contributed by atoms with van der Waals surface area (Å²) in [6.07, 6.45) is -0.186. The summed E-state index contributed by atoms with van der Waals surface area (Å²) in [5, 5.41) is 10.9. The third kappa shape index (κ3) is 3.89. The third-order valence-corrected chi connectivity index (χ3v) is 2.52. The van der Waals surface area contributed by atoms with Gasteiger partial charge in [0, 0.05) is 13.6 Å². The van der Waals surface area contributed by atoms with Gasteiger partial charge in [-0.3, -0.25) is 4.79 Å². The van der Waals surface area contributed by atoms with Crippen molar-refractivity contribution in [1.29, 1.82) is 0 Å². The molecule has 0 aliphatic rings. The highest BCUT2D eigenvalue weighted by molar-refractivity contribution is 6.33. The molecule has 7 heteroatoms. The number of amides is 2. The highest BCUT2D eigenvalue weighted by atomic mass is 35.5. The van der Waals surface area contributed by atoms with E-state index in [-0.39, 0.29) is 23.7 Å². The molecule has 2 N–H and O–H groups in total. The van der Waals surface area contributed by atoms with Crippen LogP contribution < -0.4 is 5.32 Å². The quantitative estimate of drug-likeness (QED) is 0.886. The van der Waals surface area contributed by atoms with Crippen molar-refractivity contribution in [3.05, 3.63) is 29.0 Å². The minimum Gasteiger partial charge on any atom is -0.481 e. The van der Waals surface area contributed by atoms with Crippen molar-refractivity contribution in [2.75, 3.05) is 18.9 Å². The number of anilines is 1. The van der Waals surface area contributed by atoms with Gasteiger partial charge in [-0.05, 0) is 12.1 Å². The Balaban J connectivity index is 2.67. The maximum atomic E-state index is 13.4. The predicted molar refractivity (Wildman–Crippen MR) is 65.3 cm³/mol. The summed E-state index contributed by atoms with van der Waals surface area (Å²) in [7, 11) is 1.41. The van der Waals surface area contributed by atoms with E-state index in [1.54, 1.807) is 0 Å². The molecule has 18 heavy (non-hydrogen) atoms. The molecule has 1 rings (SSSR count). The number of urea groups is 1. The number of nitrogens with one attached hydrogen (secondary N) is 1. The monoisotopic (exact) mass is 274 g/mol. The first-order valence-electron chi connectivity index (χ1n) is 5.09. The van der Waals surface area contributed by atoms with E-state index in [1.165, 1.54) is 25.2 Å². The number of hydrogen-bond acceptors (Lipinski definition) is 2.